The van der Waals surface area contributed by atoms with Crippen LogP contribution < -0.4 is 0 Å². The number of carboxylic acids is 1. The topological polar surface area (TPSA) is 57.6 Å². The Balaban J connectivity index is 2.44. The van der Waals surface area contributed by atoms with E-state index in [0.717, 1.165) is 6.42 Å². The number of hydrogen-bond acceptors (Lipinski definition) is 2. The van der Waals surface area contributed by atoms with Gasteiger partial charge in [-0.1, -0.05) is 37.3 Å². The van der Waals surface area contributed by atoms with Gasteiger partial charge in [0.1, 0.15) is 0 Å². The highest BCUT2D eigenvalue weighted by atomic mass is 16.4. The van der Waals surface area contributed by atoms with Crippen molar-refractivity contribution in [1.29, 1.82) is 0 Å². The lowest BCUT2D eigenvalue weighted by Crippen LogP contribution is -2.33. The van der Waals surface area contributed by atoms with Crippen LogP contribution in [0, 0.1) is 5.92 Å². The molecule has 1 atom stereocenters. The van der Waals surface area contributed by atoms with E-state index >= 15 is 0 Å². The maximum atomic E-state index is 12.1. The average Bonchev–Trinajstić information content (AvgIpc) is 2.39. The molecular formula is C16H23NO3. The first-order chi connectivity index (χ1) is 9.52. The smallest absolute Gasteiger partial charge is 0.303 e. The van der Waals surface area contributed by atoms with Crippen LogP contribution in [0.15, 0.2) is 30.3 Å². The lowest BCUT2D eigenvalue weighted by atomic mass is 10.0. The minimum Gasteiger partial charge on any atom is -0.481 e. The molecule has 0 aliphatic rings. The SMILES string of the molecule is CCN(CCc1ccccc1)C(=O)CC(C)CC(=O)O. The molecule has 1 amide bonds. The fraction of sp³-hybridized carbons (Fsp3) is 0.500. The molecule has 1 aromatic carbocycles. The van der Waals surface area contributed by atoms with Gasteiger partial charge in [0.15, 0.2) is 0 Å². The van der Waals surface area contributed by atoms with Crippen LogP contribution >= 0.6 is 0 Å². The number of nitrogens with zero attached hydrogens (tertiary/aromatic N) is 1. The predicted octanol–water partition coefficient (Wildman–Crippen LogP) is 2.58. The summed E-state index contributed by atoms with van der Waals surface area (Å²) in [5, 5.41) is 8.72. The lowest BCUT2D eigenvalue weighted by molar-refractivity contribution is -0.138. The van der Waals surface area contributed by atoms with Crippen LogP contribution in [0.3, 0.4) is 0 Å². The zero-order valence-electron chi connectivity index (χ0n) is 12.2. The maximum absolute atomic E-state index is 12.1. The van der Waals surface area contributed by atoms with E-state index in [-0.39, 0.29) is 18.2 Å². The first-order valence-electron chi connectivity index (χ1n) is 7.06. The summed E-state index contributed by atoms with van der Waals surface area (Å²) in [7, 11) is 0. The molecule has 0 radical (unpaired) electrons. The highest BCUT2D eigenvalue weighted by Crippen LogP contribution is 2.11. The van der Waals surface area contributed by atoms with Crippen molar-refractivity contribution in [2.45, 2.75) is 33.1 Å². The van der Waals surface area contributed by atoms with Crippen molar-refractivity contribution in [1.82, 2.24) is 4.90 Å². The molecule has 0 saturated heterocycles. The van der Waals surface area contributed by atoms with E-state index in [0.29, 0.717) is 19.5 Å². The molecule has 0 aromatic heterocycles. The summed E-state index contributed by atoms with van der Waals surface area (Å²) in [6, 6.07) is 10.0. The van der Waals surface area contributed by atoms with Gasteiger partial charge in [0.25, 0.3) is 0 Å². The standard InChI is InChI=1S/C16H23NO3/c1-3-17(10-9-14-7-5-4-6-8-14)15(18)11-13(2)12-16(19)20/h4-8,13H,3,9-12H2,1-2H3,(H,19,20). The number of carbonyl (C=O) groups is 2. The van der Waals surface area contributed by atoms with Gasteiger partial charge in [0.05, 0.1) is 0 Å². The molecule has 1 N–H and O–H groups in total. The highest BCUT2D eigenvalue weighted by Gasteiger charge is 2.17. The molecule has 4 nitrogen and oxygen atoms in total. The molecule has 20 heavy (non-hydrogen) atoms. The van der Waals surface area contributed by atoms with Crippen LogP contribution in [-0.2, 0) is 16.0 Å². The number of hydrogen-bond donors (Lipinski definition) is 1. The Bertz CT molecular complexity index is 431. The second kappa shape index (κ2) is 8.35. The normalized spacial score (nSPS) is 11.9. The molecule has 0 heterocycles. The zero-order chi connectivity index (χ0) is 15.0. The van der Waals surface area contributed by atoms with Crippen molar-refractivity contribution in [2.75, 3.05) is 13.1 Å². The highest BCUT2D eigenvalue weighted by molar-refractivity contribution is 5.77. The van der Waals surface area contributed by atoms with E-state index in [1.807, 2.05) is 37.3 Å². The predicted molar refractivity (Wildman–Crippen MR) is 78.4 cm³/mol. The van der Waals surface area contributed by atoms with Crippen LogP contribution in [0.25, 0.3) is 0 Å². The summed E-state index contributed by atoms with van der Waals surface area (Å²) < 4.78 is 0. The molecule has 0 aliphatic heterocycles. The van der Waals surface area contributed by atoms with Gasteiger partial charge in [0, 0.05) is 25.9 Å². The largest absolute Gasteiger partial charge is 0.481 e. The second-order valence-electron chi connectivity index (χ2n) is 5.12. The number of likely N-dealkylation sites (N-methyl/N-ethyl adjacent to an activating group) is 1. The van der Waals surface area contributed by atoms with Crippen molar-refractivity contribution >= 4 is 11.9 Å². The molecule has 1 aromatic rings. The summed E-state index contributed by atoms with van der Waals surface area (Å²) >= 11 is 0. The van der Waals surface area contributed by atoms with Gasteiger partial charge in [-0.25, -0.2) is 0 Å². The van der Waals surface area contributed by atoms with E-state index in [9.17, 15) is 9.59 Å². The molecule has 0 fully saturated rings. The van der Waals surface area contributed by atoms with Crippen molar-refractivity contribution in [2.24, 2.45) is 5.92 Å². The molecular weight excluding hydrogens is 254 g/mol. The molecule has 0 aliphatic carbocycles. The summed E-state index contributed by atoms with van der Waals surface area (Å²) in [5.41, 5.74) is 1.21. The van der Waals surface area contributed by atoms with Crippen molar-refractivity contribution < 1.29 is 14.7 Å². The Morgan fingerprint density at radius 2 is 1.85 bits per heavy atom. The van der Waals surface area contributed by atoms with E-state index < -0.39 is 5.97 Å². The number of carbonyl (C=O) groups excluding carboxylic acids is 1. The van der Waals surface area contributed by atoms with Crippen molar-refractivity contribution in [3.8, 4) is 0 Å². The number of carboxylic acid groups (broad SMARTS) is 1. The number of rotatable bonds is 8. The van der Waals surface area contributed by atoms with Gasteiger partial charge in [-0.15, -0.1) is 0 Å². The van der Waals surface area contributed by atoms with E-state index in [1.165, 1.54) is 5.56 Å². The Morgan fingerprint density at radius 1 is 1.20 bits per heavy atom. The summed E-state index contributed by atoms with van der Waals surface area (Å²) in [6.07, 6.45) is 1.17. The van der Waals surface area contributed by atoms with Crippen LogP contribution in [0.2, 0.25) is 0 Å². The third-order valence-corrected chi connectivity index (χ3v) is 3.29. The number of amides is 1. The van der Waals surface area contributed by atoms with Crippen LogP contribution in [-0.4, -0.2) is 35.0 Å². The zero-order valence-corrected chi connectivity index (χ0v) is 12.2. The Labute approximate surface area is 120 Å². The van der Waals surface area contributed by atoms with Gasteiger partial charge < -0.3 is 10.0 Å². The fourth-order valence-corrected chi connectivity index (χ4v) is 2.17. The first kappa shape index (κ1) is 16.2. The van der Waals surface area contributed by atoms with Crippen molar-refractivity contribution in [3.63, 3.8) is 0 Å². The molecule has 1 unspecified atom stereocenters. The van der Waals surface area contributed by atoms with E-state index in [2.05, 4.69) is 0 Å². The monoisotopic (exact) mass is 277 g/mol. The average molecular weight is 277 g/mol. The molecule has 0 saturated carbocycles. The molecule has 4 heteroatoms. The van der Waals surface area contributed by atoms with Crippen molar-refractivity contribution in [3.05, 3.63) is 35.9 Å². The summed E-state index contributed by atoms with van der Waals surface area (Å²) in [6.45, 7) is 5.09. The first-order valence-corrected chi connectivity index (χ1v) is 7.06. The van der Waals surface area contributed by atoms with Crippen LogP contribution in [0.5, 0.6) is 0 Å². The summed E-state index contributed by atoms with van der Waals surface area (Å²) in [4.78, 5) is 24.5. The van der Waals surface area contributed by atoms with Gasteiger partial charge in [-0.05, 0) is 24.8 Å². The number of aliphatic carboxylic acids is 1. The second-order valence-corrected chi connectivity index (χ2v) is 5.12. The van der Waals surface area contributed by atoms with Crippen LogP contribution in [0.4, 0.5) is 0 Å². The summed E-state index contributed by atoms with van der Waals surface area (Å²) in [5.74, 6) is -0.930. The number of benzene rings is 1. The lowest BCUT2D eigenvalue weighted by Gasteiger charge is -2.22. The maximum Gasteiger partial charge on any atom is 0.303 e. The van der Waals surface area contributed by atoms with E-state index in [4.69, 9.17) is 5.11 Å². The molecule has 0 spiro atoms. The molecule has 0 bridgehead atoms. The Hall–Kier alpha value is -1.84. The molecule has 110 valence electrons. The quantitative estimate of drug-likeness (QED) is 0.794. The fourth-order valence-electron chi connectivity index (χ4n) is 2.17. The third-order valence-electron chi connectivity index (χ3n) is 3.29. The minimum absolute atomic E-state index is 0.0391. The Morgan fingerprint density at radius 3 is 2.40 bits per heavy atom. The van der Waals surface area contributed by atoms with Gasteiger partial charge >= 0.3 is 5.97 Å². The Kier molecular flexibility index (Phi) is 6.77. The third kappa shape index (κ3) is 5.87. The van der Waals surface area contributed by atoms with E-state index in [1.54, 1.807) is 11.8 Å². The minimum atomic E-state index is -0.849. The van der Waals surface area contributed by atoms with Gasteiger partial charge in [-0.3, -0.25) is 9.59 Å². The van der Waals surface area contributed by atoms with Gasteiger partial charge in [-0.2, -0.15) is 0 Å². The van der Waals surface area contributed by atoms with Gasteiger partial charge in [0.2, 0.25) is 5.91 Å². The van der Waals surface area contributed by atoms with Crippen LogP contribution in [0.1, 0.15) is 32.3 Å². The molecule has 1 rings (SSSR count).